The molecule has 0 aliphatic carbocycles. The van der Waals surface area contributed by atoms with Gasteiger partial charge in [0, 0.05) is 16.1 Å². The first-order valence-corrected chi connectivity index (χ1v) is 18.0. The van der Waals surface area contributed by atoms with E-state index in [1.54, 1.807) is 24.7 Å². The predicted octanol–water partition coefficient (Wildman–Crippen LogP) is 7.71. The Kier molecular flexibility index (Phi) is 12.2. The van der Waals surface area contributed by atoms with Crippen molar-refractivity contribution >= 4 is 50.9 Å². The molecule has 1 atom stereocenters. The molecule has 11 heteroatoms. The summed E-state index contributed by atoms with van der Waals surface area (Å²) in [5, 5.41) is 0.617. The number of carbonyl (C=O) groups excluding carboxylic acids is 1. The van der Waals surface area contributed by atoms with Gasteiger partial charge in [-0.15, -0.1) is 6.58 Å². The Hall–Kier alpha value is -4.12. The first-order valence-electron chi connectivity index (χ1n) is 16.1. The van der Waals surface area contributed by atoms with Crippen molar-refractivity contribution in [3.05, 3.63) is 130 Å². The van der Waals surface area contributed by atoms with E-state index in [0.29, 0.717) is 66.8 Å². The van der Waals surface area contributed by atoms with Crippen molar-refractivity contribution in [2.24, 2.45) is 4.99 Å². The molecule has 0 spiro atoms. The fourth-order valence-electron chi connectivity index (χ4n) is 5.71. The van der Waals surface area contributed by atoms with Gasteiger partial charge in [0.1, 0.15) is 12.4 Å². The smallest absolute Gasteiger partial charge is 0.338 e. The zero-order valence-electron chi connectivity index (χ0n) is 27.9. The number of methoxy groups -OCH3 is 1. The van der Waals surface area contributed by atoms with E-state index in [-0.39, 0.29) is 18.8 Å². The van der Waals surface area contributed by atoms with Crippen LogP contribution in [0.1, 0.15) is 61.9 Å². The van der Waals surface area contributed by atoms with Crippen LogP contribution in [0, 0.1) is 0 Å². The Balaban J connectivity index is 1.68. The molecule has 3 aromatic carbocycles. The summed E-state index contributed by atoms with van der Waals surface area (Å²) in [5.74, 6) is 1.27. The van der Waals surface area contributed by atoms with E-state index < -0.39 is 12.0 Å². The maximum absolute atomic E-state index is 14.4. The molecule has 49 heavy (non-hydrogen) atoms. The molecule has 1 aromatic heterocycles. The van der Waals surface area contributed by atoms with Gasteiger partial charge in [-0.3, -0.25) is 9.36 Å². The molecule has 256 valence electrons. The van der Waals surface area contributed by atoms with Gasteiger partial charge in [-0.1, -0.05) is 66.6 Å². The average Bonchev–Trinajstić information content (AvgIpc) is 3.38. The number of allylic oxidation sites excluding steroid dienone is 2. The van der Waals surface area contributed by atoms with Crippen molar-refractivity contribution < 1.29 is 23.7 Å². The quantitative estimate of drug-likeness (QED) is 0.0966. The lowest BCUT2D eigenvalue weighted by Crippen LogP contribution is -2.40. The maximum atomic E-state index is 14.4. The summed E-state index contributed by atoms with van der Waals surface area (Å²) >= 11 is 11.3. The lowest BCUT2D eigenvalue weighted by molar-refractivity contribution is -0.139. The van der Waals surface area contributed by atoms with E-state index >= 15 is 0 Å². The molecule has 0 bridgehead atoms. The zero-order valence-corrected chi connectivity index (χ0v) is 31.0. The summed E-state index contributed by atoms with van der Waals surface area (Å²) in [5.41, 5.74) is 3.86. The summed E-state index contributed by atoms with van der Waals surface area (Å²) in [7, 11) is 1.58. The third-order valence-electron chi connectivity index (χ3n) is 7.83. The molecule has 2 heterocycles. The van der Waals surface area contributed by atoms with Crippen LogP contribution >= 0.6 is 38.9 Å². The molecule has 1 aliphatic rings. The minimum Gasteiger partial charge on any atom is -0.496 e. The number of hydrogen-bond acceptors (Lipinski definition) is 8. The van der Waals surface area contributed by atoms with E-state index in [2.05, 4.69) is 22.5 Å². The van der Waals surface area contributed by atoms with E-state index in [4.69, 9.17) is 35.5 Å². The number of carbonyl (C=O) groups is 1. The number of fused-ring (bicyclic) bond motifs is 1. The van der Waals surface area contributed by atoms with Crippen molar-refractivity contribution in [3.8, 4) is 17.2 Å². The van der Waals surface area contributed by atoms with Crippen LogP contribution in [0.3, 0.4) is 0 Å². The molecule has 0 unspecified atom stereocenters. The Morgan fingerprint density at radius 2 is 1.86 bits per heavy atom. The highest BCUT2D eigenvalue weighted by Crippen LogP contribution is 2.37. The molecule has 0 fully saturated rings. The Bertz CT molecular complexity index is 2090. The lowest BCUT2D eigenvalue weighted by Gasteiger charge is -2.26. The maximum Gasteiger partial charge on any atom is 0.338 e. The minimum atomic E-state index is -0.753. The second-order valence-corrected chi connectivity index (χ2v) is 13.4. The lowest BCUT2D eigenvalue weighted by atomic mass is 9.94. The molecular weight excluding hydrogens is 728 g/mol. The van der Waals surface area contributed by atoms with Crippen molar-refractivity contribution in [1.29, 1.82) is 0 Å². The molecule has 5 rings (SSSR count). The molecular formula is C38H38BrClN2O6S. The highest BCUT2D eigenvalue weighted by molar-refractivity contribution is 9.10. The number of nitrogens with zero attached hydrogens (tertiary/aromatic N) is 2. The van der Waals surface area contributed by atoms with Gasteiger partial charge >= 0.3 is 5.97 Å². The molecule has 4 aromatic rings. The van der Waals surface area contributed by atoms with E-state index in [1.165, 1.54) is 11.3 Å². The van der Waals surface area contributed by atoms with Crippen LogP contribution < -0.4 is 29.1 Å². The summed E-state index contributed by atoms with van der Waals surface area (Å²) < 4.78 is 26.1. The Morgan fingerprint density at radius 3 is 2.53 bits per heavy atom. The van der Waals surface area contributed by atoms with Crippen LogP contribution in [0.4, 0.5) is 0 Å². The topological polar surface area (TPSA) is 88.4 Å². The predicted molar refractivity (Wildman–Crippen MR) is 198 cm³/mol. The Labute approximate surface area is 303 Å². The van der Waals surface area contributed by atoms with E-state index in [0.717, 1.165) is 28.7 Å². The number of halogens is 2. The molecule has 0 radical (unpaired) electrons. The monoisotopic (exact) mass is 764 g/mol. The van der Waals surface area contributed by atoms with Gasteiger partial charge in [-0.2, -0.15) is 0 Å². The van der Waals surface area contributed by atoms with Crippen molar-refractivity contribution in [2.75, 3.05) is 20.3 Å². The van der Waals surface area contributed by atoms with Crippen LogP contribution in [0.15, 0.2) is 92.8 Å². The fourth-order valence-corrected chi connectivity index (χ4v) is 7.47. The number of benzene rings is 3. The largest absolute Gasteiger partial charge is 0.496 e. The summed E-state index contributed by atoms with van der Waals surface area (Å²) in [6, 6.07) is 16.1. The van der Waals surface area contributed by atoms with Gasteiger partial charge in [0.05, 0.1) is 46.6 Å². The zero-order chi connectivity index (χ0) is 35.1. The highest BCUT2D eigenvalue weighted by Gasteiger charge is 2.34. The SMILES string of the molecule is C=CCc1cc(/C=c2/sc3n(c2=O)[C@@H](c2ccc(OC)c(Br)c2)C(C(=O)OCC)=C(CCC)N=3)cc(OCC)c1OCc1ccccc1Cl. The number of thiazole rings is 1. The number of rotatable bonds is 14. The average molecular weight is 766 g/mol. The fraction of sp³-hybridized carbons (Fsp3) is 0.289. The van der Waals surface area contributed by atoms with Gasteiger partial charge in [0.25, 0.3) is 5.56 Å². The standard InChI is InChI=1S/C38H38BrClN2O6S/c1-6-12-25-18-23(19-31(46-8-3)35(25)48-22-26-14-10-11-15-28(26)40)20-32-36(43)42-34(24-16-17-30(45-5)27(39)21-24)33(37(44)47-9-4)29(13-7-2)41-38(42)49-32/h6,10-11,14-21,34H,1,7-9,12-13,22H2,2-5H3/b32-20+/t34-/m0/s1. The molecule has 0 saturated carbocycles. The number of esters is 1. The highest BCUT2D eigenvalue weighted by atomic mass is 79.9. The molecule has 0 amide bonds. The third-order valence-corrected chi connectivity index (χ3v) is 9.80. The minimum absolute atomic E-state index is 0.193. The van der Waals surface area contributed by atoms with Crippen molar-refractivity contribution in [2.45, 2.75) is 52.7 Å². The summed E-state index contributed by atoms with van der Waals surface area (Å²) in [6.07, 6.45) is 5.43. The summed E-state index contributed by atoms with van der Waals surface area (Å²) in [6.45, 7) is 10.5. The molecule has 1 aliphatic heterocycles. The molecule has 0 N–H and O–H groups in total. The van der Waals surface area contributed by atoms with Crippen LogP contribution in [0.25, 0.3) is 6.08 Å². The van der Waals surface area contributed by atoms with Gasteiger partial charge in [-0.25, -0.2) is 9.79 Å². The number of ether oxygens (including phenoxy) is 4. The van der Waals surface area contributed by atoms with E-state index in [1.807, 2.05) is 74.5 Å². The molecule has 0 saturated heterocycles. The Morgan fingerprint density at radius 1 is 1.06 bits per heavy atom. The first-order chi connectivity index (χ1) is 23.7. The first kappa shape index (κ1) is 36.2. The van der Waals surface area contributed by atoms with Crippen molar-refractivity contribution in [3.63, 3.8) is 0 Å². The van der Waals surface area contributed by atoms with Crippen LogP contribution in [-0.2, 0) is 22.6 Å². The molecule has 8 nitrogen and oxygen atoms in total. The van der Waals surface area contributed by atoms with Gasteiger partial charge in [-0.05, 0) is 90.2 Å². The van der Waals surface area contributed by atoms with Gasteiger partial charge in [0.2, 0.25) is 0 Å². The normalized spacial score (nSPS) is 14.2. The van der Waals surface area contributed by atoms with Gasteiger partial charge < -0.3 is 18.9 Å². The number of aromatic nitrogens is 1. The van der Waals surface area contributed by atoms with Gasteiger partial charge in [0.15, 0.2) is 16.3 Å². The van der Waals surface area contributed by atoms with Crippen molar-refractivity contribution in [1.82, 2.24) is 4.57 Å². The van der Waals surface area contributed by atoms with Crippen LogP contribution in [-0.4, -0.2) is 30.9 Å². The second-order valence-electron chi connectivity index (χ2n) is 11.1. The second kappa shape index (κ2) is 16.5. The van der Waals surface area contributed by atoms with Crippen LogP contribution in [0.5, 0.6) is 17.2 Å². The number of hydrogen-bond donors (Lipinski definition) is 0. The van der Waals surface area contributed by atoms with E-state index in [9.17, 15) is 9.59 Å². The summed E-state index contributed by atoms with van der Waals surface area (Å²) in [4.78, 5) is 33.3. The third kappa shape index (κ3) is 7.87. The van der Waals surface area contributed by atoms with Crippen LogP contribution in [0.2, 0.25) is 5.02 Å².